The number of halogens is 1. The van der Waals surface area contributed by atoms with Gasteiger partial charge >= 0.3 is 0 Å². The number of pyridine rings is 2. The van der Waals surface area contributed by atoms with E-state index in [4.69, 9.17) is 0 Å². The summed E-state index contributed by atoms with van der Waals surface area (Å²) in [4.78, 5) is 27.3. The highest BCUT2D eigenvalue weighted by molar-refractivity contribution is 5.67. The third-order valence-electron chi connectivity index (χ3n) is 5.98. The van der Waals surface area contributed by atoms with Gasteiger partial charge in [0.2, 0.25) is 5.95 Å². The molecule has 4 aromatic rings. The molecule has 0 spiro atoms. The van der Waals surface area contributed by atoms with Crippen LogP contribution in [0.1, 0.15) is 27.9 Å². The van der Waals surface area contributed by atoms with Crippen LogP contribution in [0.25, 0.3) is 16.8 Å². The van der Waals surface area contributed by atoms with Crippen LogP contribution in [0.2, 0.25) is 0 Å². The van der Waals surface area contributed by atoms with Gasteiger partial charge in [0.25, 0.3) is 5.56 Å². The second-order valence-electron chi connectivity index (χ2n) is 7.92. The molecule has 0 amide bonds. The van der Waals surface area contributed by atoms with Crippen molar-refractivity contribution >= 4 is 11.5 Å². The zero-order valence-corrected chi connectivity index (χ0v) is 17.6. The van der Waals surface area contributed by atoms with Gasteiger partial charge in [-0.1, -0.05) is 0 Å². The predicted molar refractivity (Wildman–Crippen MR) is 116 cm³/mol. The van der Waals surface area contributed by atoms with Crippen molar-refractivity contribution in [2.75, 3.05) is 11.4 Å². The van der Waals surface area contributed by atoms with Crippen molar-refractivity contribution in [2.45, 2.75) is 33.7 Å². The lowest BCUT2D eigenvalue weighted by atomic mass is 9.98. The molecular weight excluding hydrogens is 395 g/mol. The van der Waals surface area contributed by atoms with Crippen LogP contribution >= 0.6 is 0 Å². The largest absolute Gasteiger partial charge is 0.350 e. The van der Waals surface area contributed by atoms with E-state index in [0.29, 0.717) is 12.2 Å². The first-order valence-electron chi connectivity index (χ1n) is 10.1. The molecule has 0 radical (unpaired) electrons. The van der Waals surface area contributed by atoms with Crippen molar-refractivity contribution in [3.8, 4) is 11.1 Å². The quantitative estimate of drug-likeness (QED) is 0.467. The molecule has 0 aliphatic carbocycles. The van der Waals surface area contributed by atoms with Gasteiger partial charge in [0.05, 0.1) is 0 Å². The molecule has 5 heterocycles. The highest BCUT2D eigenvalue weighted by Crippen LogP contribution is 2.30. The Morgan fingerprint density at radius 3 is 2.68 bits per heavy atom. The molecule has 156 valence electrons. The maximum absolute atomic E-state index is 13.4. The topological polar surface area (TPSA) is 76.3 Å². The summed E-state index contributed by atoms with van der Waals surface area (Å²) in [6.45, 7) is 7.21. The fourth-order valence-corrected chi connectivity index (χ4v) is 4.14. The standard InChI is InChI=1S/C23H21FN6O/c1-13-8-20(24)27-11-18(13)16-9-17-12-29(7-5-19(17)26-10-16)23-15(3)14(2)22-25-6-4-21(31)30(22)28-23/h4,6,8-11H,5,7,12H2,1-3H3. The van der Waals surface area contributed by atoms with E-state index in [1.54, 1.807) is 6.20 Å². The highest BCUT2D eigenvalue weighted by atomic mass is 19.1. The molecule has 0 unspecified atom stereocenters. The number of aryl methyl sites for hydroxylation is 2. The van der Waals surface area contributed by atoms with E-state index in [-0.39, 0.29) is 5.56 Å². The van der Waals surface area contributed by atoms with Crippen LogP contribution in [0, 0.1) is 26.7 Å². The molecule has 8 heteroatoms. The maximum Gasteiger partial charge on any atom is 0.274 e. The number of anilines is 1. The Balaban J connectivity index is 1.56. The van der Waals surface area contributed by atoms with Crippen LogP contribution in [0.3, 0.4) is 0 Å². The highest BCUT2D eigenvalue weighted by Gasteiger charge is 2.23. The molecule has 0 saturated heterocycles. The summed E-state index contributed by atoms with van der Waals surface area (Å²) in [6, 6.07) is 4.94. The molecule has 0 fully saturated rings. The molecule has 5 rings (SSSR count). The van der Waals surface area contributed by atoms with E-state index in [2.05, 4.69) is 31.0 Å². The summed E-state index contributed by atoms with van der Waals surface area (Å²) in [5.41, 5.74) is 7.04. The van der Waals surface area contributed by atoms with Crippen molar-refractivity contribution in [1.29, 1.82) is 0 Å². The molecule has 0 N–H and O–H groups in total. The molecule has 0 saturated carbocycles. The molecule has 0 aromatic carbocycles. The monoisotopic (exact) mass is 416 g/mol. The van der Waals surface area contributed by atoms with Crippen molar-refractivity contribution in [1.82, 2.24) is 24.6 Å². The Bertz CT molecular complexity index is 1400. The second-order valence-corrected chi connectivity index (χ2v) is 7.92. The van der Waals surface area contributed by atoms with Crippen LogP contribution in [0.5, 0.6) is 0 Å². The van der Waals surface area contributed by atoms with E-state index in [1.165, 1.54) is 22.8 Å². The van der Waals surface area contributed by atoms with Gasteiger partial charge in [-0.25, -0.2) is 9.97 Å². The van der Waals surface area contributed by atoms with E-state index < -0.39 is 5.95 Å². The Kier molecular flexibility index (Phi) is 4.50. The zero-order chi connectivity index (χ0) is 21.7. The summed E-state index contributed by atoms with van der Waals surface area (Å²) >= 11 is 0. The minimum absolute atomic E-state index is 0.199. The van der Waals surface area contributed by atoms with Gasteiger partial charge in [0, 0.05) is 72.1 Å². The Morgan fingerprint density at radius 2 is 1.87 bits per heavy atom. The van der Waals surface area contributed by atoms with Gasteiger partial charge in [-0.05, 0) is 44.0 Å². The van der Waals surface area contributed by atoms with Crippen LogP contribution < -0.4 is 10.5 Å². The number of nitrogens with zero attached hydrogens (tertiary/aromatic N) is 6. The first-order valence-corrected chi connectivity index (χ1v) is 10.1. The number of fused-ring (bicyclic) bond motifs is 2. The summed E-state index contributed by atoms with van der Waals surface area (Å²) in [7, 11) is 0. The van der Waals surface area contributed by atoms with E-state index in [9.17, 15) is 9.18 Å². The summed E-state index contributed by atoms with van der Waals surface area (Å²) in [5, 5.41) is 4.63. The molecule has 1 aliphatic heterocycles. The lowest BCUT2D eigenvalue weighted by molar-refractivity contribution is 0.583. The summed E-state index contributed by atoms with van der Waals surface area (Å²) in [5.74, 6) is 0.284. The number of hydrogen-bond acceptors (Lipinski definition) is 6. The summed E-state index contributed by atoms with van der Waals surface area (Å²) < 4.78 is 14.8. The van der Waals surface area contributed by atoms with E-state index in [1.807, 2.05) is 27.0 Å². The first-order chi connectivity index (χ1) is 14.9. The van der Waals surface area contributed by atoms with Gasteiger partial charge in [0.15, 0.2) is 11.5 Å². The SMILES string of the molecule is Cc1cc(F)ncc1-c1cnc2c(c1)CN(c1nn3c(=O)ccnc3c(C)c1C)CC2. The Morgan fingerprint density at radius 1 is 1.03 bits per heavy atom. The van der Waals surface area contributed by atoms with Crippen molar-refractivity contribution in [3.63, 3.8) is 0 Å². The first kappa shape index (κ1) is 19.3. The minimum Gasteiger partial charge on any atom is -0.350 e. The van der Waals surface area contributed by atoms with Gasteiger partial charge < -0.3 is 4.90 Å². The zero-order valence-electron chi connectivity index (χ0n) is 17.6. The van der Waals surface area contributed by atoms with Crippen LogP contribution in [0.15, 0.2) is 41.6 Å². The molecule has 7 nitrogen and oxygen atoms in total. The molecule has 1 aliphatic rings. The fourth-order valence-electron chi connectivity index (χ4n) is 4.14. The van der Waals surface area contributed by atoms with Crippen molar-refractivity contribution in [3.05, 3.63) is 81.0 Å². The third-order valence-corrected chi connectivity index (χ3v) is 5.98. The molecule has 0 atom stereocenters. The van der Waals surface area contributed by atoms with E-state index in [0.717, 1.165) is 57.9 Å². The number of hydrogen-bond donors (Lipinski definition) is 0. The van der Waals surface area contributed by atoms with Crippen molar-refractivity contribution in [2.24, 2.45) is 0 Å². The fraction of sp³-hybridized carbons (Fsp3) is 0.261. The number of rotatable bonds is 2. The van der Waals surface area contributed by atoms with Gasteiger partial charge in [-0.3, -0.25) is 9.78 Å². The lowest BCUT2D eigenvalue weighted by Crippen LogP contribution is -2.33. The van der Waals surface area contributed by atoms with Crippen LogP contribution in [-0.4, -0.2) is 31.1 Å². The van der Waals surface area contributed by atoms with E-state index >= 15 is 0 Å². The number of aromatic nitrogens is 5. The normalized spacial score (nSPS) is 13.5. The average molecular weight is 416 g/mol. The maximum atomic E-state index is 13.4. The van der Waals surface area contributed by atoms with Gasteiger partial charge in [-0.2, -0.15) is 8.91 Å². The minimum atomic E-state index is -0.490. The predicted octanol–water partition coefficient (Wildman–Crippen LogP) is 3.17. The molecule has 31 heavy (non-hydrogen) atoms. The van der Waals surface area contributed by atoms with Crippen molar-refractivity contribution < 1.29 is 4.39 Å². The van der Waals surface area contributed by atoms with Gasteiger partial charge in [-0.15, -0.1) is 5.10 Å². The van der Waals surface area contributed by atoms with Gasteiger partial charge in [0.1, 0.15) is 0 Å². The van der Waals surface area contributed by atoms with Crippen LogP contribution in [0.4, 0.5) is 10.2 Å². The second kappa shape index (κ2) is 7.23. The summed E-state index contributed by atoms with van der Waals surface area (Å²) in [6.07, 6.45) is 5.66. The molecular formula is C23H21FN6O. The average Bonchev–Trinajstić information content (AvgIpc) is 2.76. The Hall–Kier alpha value is -3.68. The molecule has 0 bridgehead atoms. The molecule has 4 aromatic heterocycles. The van der Waals surface area contributed by atoms with Crippen LogP contribution in [-0.2, 0) is 13.0 Å². The lowest BCUT2D eigenvalue weighted by Gasteiger charge is -2.31. The Labute approximate surface area is 178 Å². The smallest absolute Gasteiger partial charge is 0.274 e. The third kappa shape index (κ3) is 3.24.